The summed E-state index contributed by atoms with van der Waals surface area (Å²) >= 11 is 0. The fraction of sp³-hybridized carbons (Fsp3) is 0.667. The number of carbonyl (C=O) groups is 1. The van der Waals surface area contributed by atoms with Crippen LogP contribution in [0, 0.1) is 0 Å². The van der Waals surface area contributed by atoms with Crippen LogP contribution in [0.25, 0.3) is 0 Å². The van der Waals surface area contributed by atoms with Gasteiger partial charge in [-0.1, -0.05) is 39.0 Å². The van der Waals surface area contributed by atoms with E-state index in [1.54, 1.807) is 0 Å². The molecule has 118 valence electrons. The van der Waals surface area contributed by atoms with Gasteiger partial charge in [0.2, 0.25) is 5.91 Å². The third kappa shape index (κ3) is 7.48. The Morgan fingerprint density at radius 1 is 1.19 bits per heavy atom. The number of H-pyrrole nitrogens is 1. The van der Waals surface area contributed by atoms with Crippen molar-refractivity contribution in [2.45, 2.75) is 58.4 Å². The summed E-state index contributed by atoms with van der Waals surface area (Å²) in [6.45, 7) is 3.15. The van der Waals surface area contributed by atoms with Gasteiger partial charge in [-0.25, -0.2) is 4.79 Å². The first-order chi connectivity index (χ1) is 10.1. The molecule has 0 aromatic carbocycles. The zero-order chi connectivity index (χ0) is 15.5. The lowest BCUT2D eigenvalue weighted by Crippen LogP contribution is -2.31. The van der Waals surface area contributed by atoms with Crippen LogP contribution in [0.5, 0.6) is 0 Å². The van der Waals surface area contributed by atoms with E-state index in [-0.39, 0.29) is 18.9 Å². The van der Waals surface area contributed by atoms with Gasteiger partial charge in [0.1, 0.15) is 0 Å². The van der Waals surface area contributed by atoms with Crippen molar-refractivity contribution < 1.29 is 4.79 Å². The number of nitrogens with zero attached hydrogens (tertiary/aromatic N) is 1. The van der Waals surface area contributed by atoms with E-state index in [4.69, 9.17) is 0 Å². The summed E-state index contributed by atoms with van der Waals surface area (Å²) in [5, 5.41) is 2.85. The number of rotatable bonds is 10. The van der Waals surface area contributed by atoms with E-state index in [2.05, 4.69) is 17.2 Å². The Hall–Kier alpha value is -1.85. The zero-order valence-corrected chi connectivity index (χ0v) is 12.7. The van der Waals surface area contributed by atoms with Crippen LogP contribution in [0.2, 0.25) is 0 Å². The molecule has 1 rings (SSSR count). The molecule has 1 aromatic rings. The number of amides is 1. The first-order valence-electron chi connectivity index (χ1n) is 7.70. The van der Waals surface area contributed by atoms with Crippen LogP contribution < -0.4 is 16.6 Å². The van der Waals surface area contributed by atoms with E-state index in [1.807, 2.05) is 0 Å². The molecule has 1 heterocycles. The molecule has 0 saturated heterocycles. The summed E-state index contributed by atoms with van der Waals surface area (Å²) in [4.78, 5) is 36.1. The van der Waals surface area contributed by atoms with Gasteiger partial charge < -0.3 is 9.88 Å². The molecule has 0 bridgehead atoms. The number of aryl methyl sites for hydroxylation is 1. The van der Waals surface area contributed by atoms with Crippen molar-refractivity contribution in [1.29, 1.82) is 0 Å². The lowest BCUT2D eigenvalue weighted by molar-refractivity contribution is -0.121. The van der Waals surface area contributed by atoms with E-state index >= 15 is 0 Å². The molecule has 6 heteroatoms. The summed E-state index contributed by atoms with van der Waals surface area (Å²) in [5.74, 6) is -0.0679. The van der Waals surface area contributed by atoms with E-state index in [9.17, 15) is 14.4 Å². The minimum absolute atomic E-state index is 0.0679. The fourth-order valence-electron chi connectivity index (χ4n) is 2.06. The average molecular weight is 295 g/mol. The van der Waals surface area contributed by atoms with Crippen molar-refractivity contribution in [2.24, 2.45) is 0 Å². The number of hydrogen-bond donors (Lipinski definition) is 2. The average Bonchev–Trinajstić information content (AvgIpc) is 2.45. The van der Waals surface area contributed by atoms with E-state index in [0.29, 0.717) is 6.54 Å². The Labute approximate surface area is 124 Å². The molecular weight excluding hydrogens is 270 g/mol. The highest BCUT2D eigenvalue weighted by atomic mass is 16.2. The Kier molecular flexibility index (Phi) is 8.16. The topological polar surface area (TPSA) is 84.0 Å². The summed E-state index contributed by atoms with van der Waals surface area (Å²) in [7, 11) is 0. The van der Waals surface area contributed by atoms with Crippen LogP contribution in [0.4, 0.5) is 0 Å². The first kappa shape index (κ1) is 17.2. The van der Waals surface area contributed by atoms with Crippen LogP contribution in [0.1, 0.15) is 51.9 Å². The molecule has 0 saturated carbocycles. The number of aromatic nitrogens is 2. The van der Waals surface area contributed by atoms with Gasteiger partial charge in [-0.15, -0.1) is 0 Å². The molecule has 0 aliphatic carbocycles. The lowest BCUT2D eigenvalue weighted by Gasteiger charge is -2.06. The molecule has 6 nitrogen and oxygen atoms in total. The normalized spacial score (nSPS) is 10.5. The second-order valence-electron chi connectivity index (χ2n) is 5.17. The minimum atomic E-state index is -0.480. The summed E-state index contributed by atoms with van der Waals surface area (Å²) in [6.07, 6.45) is 8.77. The van der Waals surface area contributed by atoms with E-state index in [1.165, 1.54) is 42.5 Å². The van der Waals surface area contributed by atoms with Crippen molar-refractivity contribution in [3.05, 3.63) is 33.1 Å². The van der Waals surface area contributed by atoms with Gasteiger partial charge in [-0.3, -0.25) is 14.6 Å². The second kappa shape index (κ2) is 9.96. The highest BCUT2D eigenvalue weighted by Gasteiger charge is 2.02. The predicted molar refractivity (Wildman–Crippen MR) is 82.3 cm³/mol. The van der Waals surface area contributed by atoms with Crippen LogP contribution in [-0.4, -0.2) is 22.0 Å². The maximum Gasteiger partial charge on any atom is 0.328 e. The smallest absolute Gasteiger partial charge is 0.328 e. The molecule has 0 radical (unpaired) electrons. The summed E-state index contributed by atoms with van der Waals surface area (Å²) in [6, 6.07) is 1.27. The molecule has 2 N–H and O–H groups in total. The largest absolute Gasteiger partial charge is 0.356 e. The monoisotopic (exact) mass is 295 g/mol. The quantitative estimate of drug-likeness (QED) is 0.640. The molecular formula is C15H25N3O3. The van der Waals surface area contributed by atoms with Crippen molar-refractivity contribution in [2.75, 3.05) is 6.54 Å². The van der Waals surface area contributed by atoms with Gasteiger partial charge >= 0.3 is 5.69 Å². The summed E-state index contributed by atoms with van der Waals surface area (Å²) < 4.78 is 1.33. The SMILES string of the molecule is CCCCCCCCNC(=O)CCn1ccc(=O)[nH]c1=O. The molecule has 0 aliphatic heterocycles. The van der Waals surface area contributed by atoms with Gasteiger partial charge in [0.15, 0.2) is 0 Å². The maximum absolute atomic E-state index is 11.6. The Balaban J connectivity index is 2.14. The van der Waals surface area contributed by atoms with Crippen molar-refractivity contribution in [3.8, 4) is 0 Å². The molecule has 0 unspecified atom stereocenters. The fourth-order valence-corrected chi connectivity index (χ4v) is 2.06. The zero-order valence-electron chi connectivity index (χ0n) is 12.7. The minimum Gasteiger partial charge on any atom is -0.356 e. The molecule has 0 fully saturated rings. The van der Waals surface area contributed by atoms with Crippen molar-refractivity contribution >= 4 is 5.91 Å². The van der Waals surface area contributed by atoms with E-state index in [0.717, 1.165) is 12.8 Å². The number of hydrogen-bond acceptors (Lipinski definition) is 3. The number of aromatic amines is 1. The first-order valence-corrected chi connectivity index (χ1v) is 7.70. The van der Waals surface area contributed by atoms with Gasteiger partial charge in [0, 0.05) is 31.8 Å². The third-order valence-electron chi connectivity index (χ3n) is 3.33. The molecule has 1 amide bonds. The number of unbranched alkanes of at least 4 members (excludes halogenated alkanes) is 5. The highest BCUT2D eigenvalue weighted by Crippen LogP contribution is 2.04. The predicted octanol–water partition coefficient (Wildman–Crippen LogP) is 1.40. The highest BCUT2D eigenvalue weighted by molar-refractivity contribution is 5.75. The lowest BCUT2D eigenvalue weighted by atomic mass is 10.1. The van der Waals surface area contributed by atoms with Gasteiger partial charge in [-0.05, 0) is 6.42 Å². The Bertz CT molecular complexity index is 533. The van der Waals surface area contributed by atoms with Gasteiger partial charge in [0.05, 0.1) is 0 Å². The van der Waals surface area contributed by atoms with Crippen LogP contribution in [0.3, 0.4) is 0 Å². The van der Waals surface area contributed by atoms with Gasteiger partial charge in [-0.2, -0.15) is 0 Å². The van der Waals surface area contributed by atoms with Gasteiger partial charge in [0.25, 0.3) is 5.56 Å². The Morgan fingerprint density at radius 2 is 1.90 bits per heavy atom. The molecule has 0 spiro atoms. The maximum atomic E-state index is 11.6. The number of carbonyl (C=O) groups excluding carboxylic acids is 1. The molecule has 0 atom stereocenters. The van der Waals surface area contributed by atoms with Crippen LogP contribution in [0.15, 0.2) is 21.9 Å². The molecule has 21 heavy (non-hydrogen) atoms. The van der Waals surface area contributed by atoms with Crippen LogP contribution >= 0.6 is 0 Å². The number of nitrogens with one attached hydrogen (secondary N) is 2. The van der Waals surface area contributed by atoms with Crippen LogP contribution in [-0.2, 0) is 11.3 Å². The third-order valence-corrected chi connectivity index (χ3v) is 3.33. The van der Waals surface area contributed by atoms with Crippen molar-refractivity contribution in [3.63, 3.8) is 0 Å². The summed E-state index contributed by atoms with van der Waals surface area (Å²) in [5.41, 5.74) is -0.907. The van der Waals surface area contributed by atoms with E-state index < -0.39 is 11.2 Å². The standard InChI is InChI=1S/C15H25N3O3/c1-2-3-4-5-6-7-10-16-13(19)8-11-18-12-9-14(20)17-15(18)21/h9,12H,2-8,10-11H2,1H3,(H,16,19)(H,17,20,21). The molecule has 1 aromatic heterocycles. The molecule has 0 aliphatic rings. The Morgan fingerprint density at radius 3 is 2.62 bits per heavy atom. The van der Waals surface area contributed by atoms with Crippen molar-refractivity contribution in [1.82, 2.24) is 14.9 Å². The second-order valence-corrected chi connectivity index (χ2v) is 5.17.